The van der Waals surface area contributed by atoms with Gasteiger partial charge in [-0.2, -0.15) is 0 Å². The predicted molar refractivity (Wildman–Crippen MR) is 62.6 cm³/mol. The van der Waals surface area contributed by atoms with Crippen LogP contribution < -0.4 is 11.3 Å². The minimum Gasteiger partial charge on any atom is -0.377 e. The third-order valence-electron chi connectivity index (χ3n) is 3.04. The molecule has 1 rings (SSSR count). The number of nitrogens with two attached hydrogens (primary N) is 1. The Kier molecular flexibility index (Phi) is 5.73. The fourth-order valence-electron chi connectivity index (χ4n) is 2.02. The Balaban J connectivity index is 2.40. The van der Waals surface area contributed by atoms with Crippen LogP contribution in [0.3, 0.4) is 0 Å². The highest BCUT2D eigenvalue weighted by Gasteiger charge is 2.27. The summed E-state index contributed by atoms with van der Waals surface area (Å²) in [5, 5.41) is 0. The van der Waals surface area contributed by atoms with Gasteiger partial charge in [-0.15, -0.1) is 0 Å². The van der Waals surface area contributed by atoms with Crippen molar-refractivity contribution in [2.75, 3.05) is 19.7 Å². The molecule has 1 aliphatic rings. The second-order valence-electron chi connectivity index (χ2n) is 4.31. The zero-order valence-electron chi connectivity index (χ0n) is 10.2. The summed E-state index contributed by atoms with van der Waals surface area (Å²) in [5.74, 6) is 5.01. The summed E-state index contributed by atoms with van der Waals surface area (Å²) < 4.78 is 5.72. The third kappa shape index (κ3) is 3.73. The molecule has 1 aliphatic heterocycles. The van der Waals surface area contributed by atoms with E-state index in [0.29, 0.717) is 0 Å². The molecule has 3 N–H and O–H groups in total. The largest absolute Gasteiger partial charge is 0.377 e. The number of hydrogen-bond acceptors (Lipinski definition) is 4. The number of nitrogens with zero attached hydrogens (tertiary/aromatic N) is 1. The highest BCUT2D eigenvalue weighted by atomic mass is 16.5. The van der Waals surface area contributed by atoms with Crippen molar-refractivity contribution in [2.24, 2.45) is 5.84 Å². The van der Waals surface area contributed by atoms with Crippen LogP contribution in [-0.2, 0) is 9.53 Å². The Morgan fingerprint density at radius 1 is 1.69 bits per heavy atom. The molecule has 0 aliphatic carbocycles. The van der Waals surface area contributed by atoms with Gasteiger partial charge in [0.25, 0.3) is 5.91 Å². The molecule has 16 heavy (non-hydrogen) atoms. The molecule has 5 nitrogen and oxygen atoms in total. The van der Waals surface area contributed by atoms with Gasteiger partial charge in [0.15, 0.2) is 0 Å². The lowest BCUT2D eigenvalue weighted by atomic mass is 10.1. The lowest BCUT2D eigenvalue weighted by Gasteiger charge is -2.35. The number of nitrogens with one attached hydrogen (secondary N) is 1. The van der Waals surface area contributed by atoms with Crippen LogP contribution in [-0.4, -0.2) is 42.6 Å². The molecule has 5 heteroatoms. The summed E-state index contributed by atoms with van der Waals surface area (Å²) in [6.07, 6.45) is 3.47. The highest BCUT2D eigenvalue weighted by molar-refractivity contribution is 5.80. The van der Waals surface area contributed by atoms with Crippen LogP contribution in [0.1, 0.15) is 33.1 Å². The first-order chi connectivity index (χ1) is 7.69. The molecule has 0 spiro atoms. The minimum atomic E-state index is -0.168. The average molecular weight is 229 g/mol. The molecular weight excluding hydrogens is 206 g/mol. The summed E-state index contributed by atoms with van der Waals surface area (Å²) in [6, 6.07) is -0.168. The normalized spacial score (nSPS) is 24.1. The van der Waals surface area contributed by atoms with Gasteiger partial charge in [-0.25, -0.2) is 5.84 Å². The maximum atomic E-state index is 11.4. The van der Waals surface area contributed by atoms with Crippen molar-refractivity contribution in [2.45, 2.75) is 45.3 Å². The van der Waals surface area contributed by atoms with Gasteiger partial charge in [0, 0.05) is 13.2 Å². The lowest BCUT2D eigenvalue weighted by molar-refractivity contribution is -0.127. The molecule has 0 saturated carbocycles. The minimum absolute atomic E-state index is 0.129. The lowest BCUT2D eigenvalue weighted by Crippen LogP contribution is -2.52. The van der Waals surface area contributed by atoms with Gasteiger partial charge in [-0.3, -0.25) is 15.1 Å². The summed E-state index contributed by atoms with van der Waals surface area (Å²) in [4.78, 5) is 13.5. The Morgan fingerprint density at radius 2 is 2.44 bits per heavy atom. The van der Waals surface area contributed by atoms with Crippen LogP contribution >= 0.6 is 0 Å². The van der Waals surface area contributed by atoms with Gasteiger partial charge in [0.05, 0.1) is 12.1 Å². The van der Waals surface area contributed by atoms with Crippen molar-refractivity contribution < 1.29 is 9.53 Å². The zero-order chi connectivity index (χ0) is 12.0. The first-order valence-corrected chi connectivity index (χ1v) is 6.05. The van der Waals surface area contributed by atoms with Crippen LogP contribution in [0.5, 0.6) is 0 Å². The van der Waals surface area contributed by atoms with Crippen LogP contribution in [0.2, 0.25) is 0 Å². The molecule has 2 atom stereocenters. The Labute approximate surface area is 97.3 Å². The Bertz CT molecular complexity index is 223. The molecule has 0 aromatic carbocycles. The molecule has 1 heterocycles. The third-order valence-corrected chi connectivity index (χ3v) is 3.04. The smallest absolute Gasteiger partial charge is 0.250 e. The summed E-state index contributed by atoms with van der Waals surface area (Å²) in [6.45, 7) is 6.56. The van der Waals surface area contributed by atoms with E-state index in [1.54, 1.807) is 0 Å². The van der Waals surface area contributed by atoms with E-state index in [4.69, 9.17) is 10.6 Å². The van der Waals surface area contributed by atoms with Crippen molar-refractivity contribution in [1.29, 1.82) is 0 Å². The van der Waals surface area contributed by atoms with Crippen molar-refractivity contribution in [3.63, 3.8) is 0 Å². The number of piperidine rings is 1. The maximum Gasteiger partial charge on any atom is 0.250 e. The molecule has 1 fully saturated rings. The van der Waals surface area contributed by atoms with Crippen molar-refractivity contribution in [3.05, 3.63) is 0 Å². The molecule has 0 aromatic heterocycles. The number of rotatable bonds is 5. The molecule has 94 valence electrons. The van der Waals surface area contributed by atoms with Gasteiger partial charge in [-0.1, -0.05) is 6.92 Å². The number of hydrogen-bond donors (Lipinski definition) is 2. The number of ether oxygens (including phenoxy) is 1. The molecule has 0 aromatic rings. The molecule has 0 radical (unpaired) electrons. The number of likely N-dealkylation sites (tertiary alicyclic amines) is 1. The molecule has 1 amide bonds. The quantitative estimate of drug-likeness (QED) is 0.403. The number of carbonyl (C=O) groups excluding carboxylic acids is 1. The van der Waals surface area contributed by atoms with Gasteiger partial charge in [0.2, 0.25) is 0 Å². The van der Waals surface area contributed by atoms with Crippen LogP contribution in [0.4, 0.5) is 0 Å². The number of carbonyl (C=O) groups is 1. The zero-order valence-corrected chi connectivity index (χ0v) is 10.2. The number of hydrazine groups is 1. The topological polar surface area (TPSA) is 67.6 Å². The SMILES string of the molecule is CCCOC1CCCN(C(C)C(=O)NN)C1. The van der Waals surface area contributed by atoms with E-state index in [2.05, 4.69) is 17.2 Å². The van der Waals surface area contributed by atoms with Gasteiger partial charge in [0.1, 0.15) is 0 Å². The molecular formula is C11H23N3O2. The highest BCUT2D eigenvalue weighted by Crippen LogP contribution is 2.15. The van der Waals surface area contributed by atoms with E-state index < -0.39 is 0 Å². The Hall–Kier alpha value is -0.650. The van der Waals surface area contributed by atoms with Crippen molar-refractivity contribution in [3.8, 4) is 0 Å². The second-order valence-corrected chi connectivity index (χ2v) is 4.31. The maximum absolute atomic E-state index is 11.4. The van der Waals surface area contributed by atoms with Gasteiger partial charge in [-0.05, 0) is 32.7 Å². The van der Waals surface area contributed by atoms with Gasteiger partial charge >= 0.3 is 0 Å². The summed E-state index contributed by atoms with van der Waals surface area (Å²) in [7, 11) is 0. The standard InChI is InChI=1S/C11H23N3O2/c1-3-7-16-10-5-4-6-14(8-10)9(2)11(15)13-12/h9-10H,3-8,12H2,1-2H3,(H,13,15). The monoisotopic (exact) mass is 229 g/mol. The molecule has 1 saturated heterocycles. The summed E-state index contributed by atoms with van der Waals surface area (Å²) in [5.41, 5.74) is 2.20. The van der Waals surface area contributed by atoms with E-state index >= 15 is 0 Å². The van der Waals surface area contributed by atoms with E-state index in [1.165, 1.54) is 0 Å². The second kappa shape index (κ2) is 6.83. The first-order valence-electron chi connectivity index (χ1n) is 6.05. The van der Waals surface area contributed by atoms with E-state index in [-0.39, 0.29) is 18.1 Å². The fraction of sp³-hybridized carbons (Fsp3) is 0.909. The van der Waals surface area contributed by atoms with Gasteiger partial charge < -0.3 is 4.74 Å². The van der Waals surface area contributed by atoms with Crippen molar-refractivity contribution >= 4 is 5.91 Å². The summed E-state index contributed by atoms with van der Waals surface area (Å²) >= 11 is 0. The van der Waals surface area contributed by atoms with Crippen LogP contribution in [0, 0.1) is 0 Å². The molecule has 2 unspecified atom stereocenters. The van der Waals surface area contributed by atoms with Crippen molar-refractivity contribution in [1.82, 2.24) is 10.3 Å². The first kappa shape index (κ1) is 13.4. The van der Waals surface area contributed by atoms with E-state index in [0.717, 1.165) is 39.0 Å². The Morgan fingerprint density at radius 3 is 3.06 bits per heavy atom. The predicted octanol–water partition coefficient (Wildman–Crippen LogP) is 0.256. The van der Waals surface area contributed by atoms with Crippen LogP contribution in [0.25, 0.3) is 0 Å². The van der Waals surface area contributed by atoms with E-state index in [1.807, 2.05) is 6.92 Å². The van der Waals surface area contributed by atoms with E-state index in [9.17, 15) is 4.79 Å². The average Bonchev–Trinajstić information content (AvgIpc) is 2.34. The number of amides is 1. The van der Waals surface area contributed by atoms with Crippen LogP contribution in [0.15, 0.2) is 0 Å². The molecule has 0 bridgehead atoms. The fourth-order valence-corrected chi connectivity index (χ4v) is 2.02.